The lowest BCUT2D eigenvalue weighted by Gasteiger charge is -2.34. The molecular formula is C16H26N2. The summed E-state index contributed by atoms with van der Waals surface area (Å²) < 4.78 is 0. The van der Waals surface area contributed by atoms with Crippen LogP contribution in [0.15, 0.2) is 24.3 Å². The molecule has 0 radical (unpaired) electrons. The Hall–Kier alpha value is -1.02. The van der Waals surface area contributed by atoms with E-state index in [1.54, 1.807) is 0 Å². The number of rotatable bonds is 4. The minimum atomic E-state index is 0.246. The van der Waals surface area contributed by atoms with Crippen molar-refractivity contribution in [3.8, 4) is 0 Å². The van der Waals surface area contributed by atoms with Crippen molar-refractivity contribution in [3.05, 3.63) is 29.8 Å². The average Bonchev–Trinajstić information content (AvgIpc) is 2.39. The van der Waals surface area contributed by atoms with Crippen molar-refractivity contribution in [1.82, 2.24) is 0 Å². The molecule has 100 valence electrons. The Labute approximate surface area is 111 Å². The van der Waals surface area contributed by atoms with Crippen molar-refractivity contribution < 1.29 is 0 Å². The zero-order valence-corrected chi connectivity index (χ0v) is 11.7. The number of anilines is 1. The summed E-state index contributed by atoms with van der Waals surface area (Å²) in [7, 11) is 0. The van der Waals surface area contributed by atoms with E-state index in [0.717, 1.165) is 12.3 Å². The van der Waals surface area contributed by atoms with E-state index in [1.807, 2.05) is 0 Å². The van der Waals surface area contributed by atoms with Gasteiger partial charge in [0.25, 0.3) is 0 Å². The monoisotopic (exact) mass is 246 g/mol. The highest BCUT2D eigenvalue weighted by Crippen LogP contribution is 2.25. The van der Waals surface area contributed by atoms with Crippen LogP contribution in [0.4, 0.5) is 5.69 Å². The molecule has 1 saturated heterocycles. The quantitative estimate of drug-likeness (QED) is 0.884. The predicted octanol–water partition coefficient (Wildman–Crippen LogP) is 3.20. The summed E-state index contributed by atoms with van der Waals surface area (Å²) in [5.41, 5.74) is 8.55. The Kier molecular flexibility index (Phi) is 4.65. The second kappa shape index (κ2) is 6.24. The lowest BCUT2D eigenvalue weighted by atomic mass is 9.95. The van der Waals surface area contributed by atoms with E-state index in [9.17, 15) is 0 Å². The fourth-order valence-electron chi connectivity index (χ4n) is 2.85. The molecule has 1 fully saturated rings. The smallest absolute Gasteiger partial charge is 0.0366 e. The van der Waals surface area contributed by atoms with E-state index >= 15 is 0 Å². The number of hydrogen-bond acceptors (Lipinski definition) is 2. The molecule has 2 N–H and O–H groups in total. The summed E-state index contributed by atoms with van der Waals surface area (Å²) >= 11 is 0. The number of benzene rings is 1. The lowest BCUT2D eigenvalue weighted by molar-refractivity contribution is 0.405. The Morgan fingerprint density at radius 1 is 1.33 bits per heavy atom. The van der Waals surface area contributed by atoms with Crippen LogP contribution in [-0.2, 0) is 6.42 Å². The Bertz CT molecular complexity index is 356. The zero-order chi connectivity index (χ0) is 13.0. The topological polar surface area (TPSA) is 29.3 Å². The summed E-state index contributed by atoms with van der Waals surface area (Å²) in [6, 6.07) is 9.23. The third-order valence-corrected chi connectivity index (χ3v) is 3.96. The van der Waals surface area contributed by atoms with Gasteiger partial charge in [0.15, 0.2) is 0 Å². The van der Waals surface area contributed by atoms with Gasteiger partial charge in [0, 0.05) is 24.8 Å². The molecule has 1 aliphatic rings. The molecule has 2 unspecified atom stereocenters. The molecule has 2 atom stereocenters. The molecule has 0 amide bonds. The number of hydrogen-bond donors (Lipinski definition) is 1. The molecule has 1 heterocycles. The third-order valence-electron chi connectivity index (χ3n) is 3.96. The molecule has 0 saturated carbocycles. The van der Waals surface area contributed by atoms with Gasteiger partial charge in [0.05, 0.1) is 0 Å². The summed E-state index contributed by atoms with van der Waals surface area (Å²) in [6.45, 7) is 6.80. The number of piperidine rings is 1. The molecule has 18 heavy (non-hydrogen) atoms. The minimum Gasteiger partial charge on any atom is -0.371 e. The number of nitrogens with two attached hydrogens (primary N) is 1. The fourth-order valence-corrected chi connectivity index (χ4v) is 2.85. The number of nitrogens with zero attached hydrogens (tertiary/aromatic N) is 1. The lowest BCUT2D eigenvalue weighted by Crippen LogP contribution is -2.35. The van der Waals surface area contributed by atoms with Crippen molar-refractivity contribution in [2.75, 3.05) is 18.0 Å². The maximum absolute atomic E-state index is 5.83. The summed E-state index contributed by atoms with van der Waals surface area (Å²) in [5, 5.41) is 0. The molecule has 2 nitrogen and oxygen atoms in total. The highest BCUT2D eigenvalue weighted by atomic mass is 15.1. The Balaban J connectivity index is 2.00. The van der Waals surface area contributed by atoms with E-state index < -0.39 is 0 Å². The van der Waals surface area contributed by atoms with Crippen molar-refractivity contribution in [2.45, 2.75) is 45.6 Å². The standard InChI is InChI=1S/C16H26N2/c1-3-14-5-4-10-18(12-14)16-8-6-15(7-9-16)11-13(2)17/h6-9,13-14H,3-5,10-12,17H2,1-2H3. The Morgan fingerprint density at radius 3 is 2.67 bits per heavy atom. The van der Waals surface area contributed by atoms with Gasteiger partial charge in [-0.2, -0.15) is 0 Å². The summed E-state index contributed by atoms with van der Waals surface area (Å²) in [4.78, 5) is 2.54. The second-order valence-corrected chi connectivity index (χ2v) is 5.71. The van der Waals surface area contributed by atoms with Crippen molar-refractivity contribution in [2.24, 2.45) is 11.7 Å². The predicted molar refractivity (Wildman–Crippen MR) is 79.0 cm³/mol. The van der Waals surface area contributed by atoms with Crippen LogP contribution in [0.25, 0.3) is 0 Å². The molecule has 2 rings (SSSR count). The zero-order valence-electron chi connectivity index (χ0n) is 11.7. The summed E-state index contributed by atoms with van der Waals surface area (Å²) in [5.74, 6) is 0.877. The highest BCUT2D eigenvalue weighted by molar-refractivity contribution is 5.48. The van der Waals surface area contributed by atoms with Crippen LogP contribution in [0.3, 0.4) is 0 Å². The minimum absolute atomic E-state index is 0.246. The van der Waals surface area contributed by atoms with Crippen LogP contribution < -0.4 is 10.6 Å². The maximum atomic E-state index is 5.83. The third kappa shape index (κ3) is 3.49. The molecule has 1 aromatic rings. The van der Waals surface area contributed by atoms with E-state index in [2.05, 4.69) is 43.0 Å². The van der Waals surface area contributed by atoms with E-state index in [1.165, 1.54) is 43.6 Å². The van der Waals surface area contributed by atoms with Crippen LogP contribution in [0, 0.1) is 5.92 Å². The first-order valence-corrected chi connectivity index (χ1v) is 7.28. The summed E-state index contributed by atoms with van der Waals surface area (Å²) in [6.07, 6.45) is 5.01. The average molecular weight is 246 g/mol. The maximum Gasteiger partial charge on any atom is 0.0366 e. The van der Waals surface area contributed by atoms with Gasteiger partial charge in [0.1, 0.15) is 0 Å². The van der Waals surface area contributed by atoms with Gasteiger partial charge in [-0.3, -0.25) is 0 Å². The SMILES string of the molecule is CCC1CCCN(c2ccc(CC(C)N)cc2)C1. The van der Waals surface area contributed by atoms with Crippen molar-refractivity contribution >= 4 is 5.69 Å². The van der Waals surface area contributed by atoms with Crippen LogP contribution in [0.5, 0.6) is 0 Å². The van der Waals surface area contributed by atoms with Gasteiger partial charge in [-0.15, -0.1) is 0 Å². The first-order chi connectivity index (χ1) is 8.69. The van der Waals surface area contributed by atoms with Gasteiger partial charge in [-0.05, 0) is 49.8 Å². The molecule has 0 aliphatic carbocycles. The molecule has 0 bridgehead atoms. The van der Waals surface area contributed by atoms with Gasteiger partial charge in [-0.1, -0.05) is 25.5 Å². The normalized spacial score (nSPS) is 21.9. The molecule has 2 heteroatoms. The first-order valence-electron chi connectivity index (χ1n) is 7.28. The molecule has 1 aromatic carbocycles. The highest BCUT2D eigenvalue weighted by Gasteiger charge is 2.18. The van der Waals surface area contributed by atoms with Gasteiger partial charge in [0.2, 0.25) is 0 Å². The van der Waals surface area contributed by atoms with Crippen LogP contribution in [-0.4, -0.2) is 19.1 Å². The van der Waals surface area contributed by atoms with Crippen LogP contribution in [0.2, 0.25) is 0 Å². The molecule has 1 aliphatic heterocycles. The van der Waals surface area contributed by atoms with Gasteiger partial charge >= 0.3 is 0 Å². The molecule has 0 aromatic heterocycles. The Morgan fingerprint density at radius 2 is 2.06 bits per heavy atom. The first kappa shape index (κ1) is 13.4. The van der Waals surface area contributed by atoms with Crippen molar-refractivity contribution in [3.63, 3.8) is 0 Å². The molecular weight excluding hydrogens is 220 g/mol. The van der Waals surface area contributed by atoms with Crippen LogP contribution >= 0.6 is 0 Å². The van der Waals surface area contributed by atoms with Crippen molar-refractivity contribution in [1.29, 1.82) is 0 Å². The fraction of sp³-hybridized carbons (Fsp3) is 0.625. The van der Waals surface area contributed by atoms with E-state index in [0.29, 0.717) is 0 Å². The van der Waals surface area contributed by atoms with E-state index in [4.69, 9.17) is 5.73 Å². The van der Waals surface area contributed by atoms with Crippen LogP contribution in [0.1, 0.15) is 38.7 Å². The van der Waals surface area contributed by atoms with Gasteiger partial charge in [-0.25, -0.2) is 0 Å². The van der Waals surface area contributed by atoms with E-state index in [-0.39, 0.29) is 6.04 Å². The molecule has 0 spiro atoms. The van der Waals surface area contributed by atoms with Gasteiger partial charge < -0.3 is 10.6 Å². The second-order valence-electron chi connectivity index (χ2n) is 5.71. The largest absolute Gasteiger partial charge is 0.371 e.